The summed E-state index contributed by atoms with van der Waals surface area (Å²) in [5, 5.41) is 2.81. The maximum absolute atomic E-state index is 12.1. The van der Waals surface area contributed by atoms with Gasteiger partial charge >= 0.3 is 0 Å². The van der Waals surface area contributed by atoms with Crippen molar-refractivity contribution in [2.75, 3.05) is 12.8 Å². The molecule has 0 atom stereocenters. The Morgan fingerprint density at radius 1 is 1.35 bits per heavy atom. The van der Waals surface area contributed by atoms with Crippen LogP contribution in [0.3, 0.4) is 0 Å². The number of nitrogen functional groups attached to an aromatic ring is 1. The van der Waals surface area contributed by atoms with Crippen LogP contribution in [0.1, 0.15) is 21.6 Å². The van der Waals surface area contributed by atoms with E-state index in [-0.39, 0.29) is 5.91 Å². The fourth-order valence-corrected chi connectivity index (χ4v) is 1.74. The number of hydrogen-bond donors (Lipinski definition) is 2. The van der Waals surface area contributed by atoms with Crippen LogP contribution in [0.15, 0.2) is 36.5 Å². The summed E-state index contributed by atoms with van der Waals surface area (Å²) in [6, 6.07) is 8.83. The highest BCUT2D eigenvalue weighted by Gasteiger charge is 2.10. The second-order valence-electron chi connectivity index (χ2n) is 4.44. The normalized spacial score (nSPS) is 10.1. The van der Waals surface area contributed by atoms with Crippen LogP contribution in [0.5, 0.6) is 5.75 Å². The monoisotopic (exact) mass is 271 g/mol. The minimum Gasteiger partial charge on any atom is -0.497 e. The van der Waals surface area contributed by atoms with Crippen molar-refractivity contribution in [3.8, 4) is 5.75 Å². The molecule has 0 radical (unpaired) electrons. The summed E-state index contributed by atoms with van der Waals surface area (Å²) >= 11 is 0. The molecule has 0 aliphatic carbocycles. The number of benzene rings is 1. The number of nitrogens with zero attached hydrogens (tertiary/aromatic N) is 1. The zero-order chi connectivity index (χ0) is 14.5. The molecule has 5 heteroatoms. The lowest BCUT2D eigenvalue weighted by molar-refractivity contribution is 0.0951. The molecule has 0 aliphatic heterocycles. The summed E-state index contributed by atoms with van der Waals surface area (Å²) < 4.78 is 5.09. The van der Waals surface area contributed by atoms with Crippen molar-refractivity contribution < 1.29 is 9.53 Å². The second kappa shape index (κ2) is 6.06. The Balaban J connectivity index is 2.06. The van der Waals surface area contributed by atoms with Gasteiger partial charge in [-0.3, -0.25) is 9.78 Å². The van der Waals surface area contributed by atoms with Crippen molar-refractivity contribution in [2.45, 2.75) is 13.5 Å². The number of methoxy groups -OCH3 is 1. The van der Waals surface area contributed by atoms with E-state index in [9.17, 15) is 4.79 Å². The van der Waals surface area contributed by atoms with E-state index in [1.807, 2.05) is 19.1 Å². The maximum Gasteiger partial charge on any atom is 0.253 e. The quantitative estimate of drug-likeness (QED) is 0.833. The zero-order valence-corrected chi connectivity index (χ0v) is 11.5. The lowest BCUT2D eigenvalue weighted by Gasteiger charge is -2.09. The van der Waals surface area contributed by atoms with Crippen molar-refractivity contribution in [1.29, 1.82) is 0 Å². The standard InChI is InChI=1S/C15H17N3O2/c1-10-3-4-11(8-17-10)9-18-15(19)13-7-12(20-2)5-6-14(13)16/h3-8H,9,16H2,1-2H3,(H,18,19). The molecule has 0 fully saturated rings. The van der Waals surface area contributed by atoms with Crippen molar-refractivity contribution in [3.05, 3.63) is 53.3 Å². The van der Waals surface area contributed by atoms with Gasteiger partial charge in [-0.05, 0) is 36.8 Å². The van der Waals surface area contributed by atoms with E-state index in [2.05, 4.69) is 10.3 Å². The van der Waals surface area contributed by atoms with Crippen LogP contribution < -0.4 is 15.8 Å². The minimum atomic E-state index is -0.234. The van der Waals surface area contributed by atoms with Gasteiger partial charge in [0, 0.05) is 24.1 Å². The predicted octanol–water partition coefficient (Wildman–Crippen LogP) is 1.91. The number of aryl methyl sites for hydroxylation is 1. The maximum atomic E-state index is 12.1. The van der Waals surface area contributed by atoms with E-state index < -0.39 is 0 Å². The predicted molar refractivity (Wildman–Crippen MR) is 77.6 cm³/mol. The third-order valence-electron chi connectivity index (χ3n) is 2.93. The summed E-state index contributed by atoms with van der Waals surface area (Å²) in [6.45, 7) is 2.32. The summed E-state index contributed by atoms with van der Waals surface area (Å²) in [5.74, 6) is 0.364. The lowest BCUT2D eigenvalue weighted by atomic mass is 10.1. The van der Waals surface area contributed by atoms with Crippen LogP contribution in [0, 0.1) is 6.92 Å². The van der Waals surface area contributed by atoms with E-state index in [1.54, 1.807) is 31.5 Å². The molecule has 1 aromatic carbocycles. The summed E-state index contributed by atoms with van der Waals surface area (Å²) in [6.07, 6.45) is 1.74. The first-order valence-electron chi connectivity index (χ1n) is 6.23. The SMILES string of the molecule is COc1ccc(N)c(C(=O)NCc2ccc(C)nc2)c1. The number of anilines is 1. The van der Waals surface area contributed by atoms with Gasteiger partial charge in [0.05, 0.1) is 12.7 Å². The smallest absolute Gasteiger partial charge is 0.253 e. The number of carbonyl (C=O) groups excluding carboxylic acids is 1. The first kappa shape index (κ1) is 13.9. The van der Waals surface area contributed by atoms with Crippen LogP contribution in [-0.2, 0) is 6.54 Å². The molecule has 1 aromatic heterocycles. The van der Waals surface area contributed by atoms with Crippen LogP contribution in [0.4, 0.5) is 5.69 Å². The fraction of sp³-hybridized carbons (Fsp3) is 0.200. The van der Waals surface area contributed by atoms with Gasteiger partial charge in [-0.15, -0.1) is 0 Å². The number of ether oxygens (including phenoxy) is 1. The largest absolute Gasteiger partial charge is 0.497 e. The summed E-state index contributed by atoms with van der Waals surface area (Å²) in [7, 11) is 1.55. The number of rotatable bonds is 4. The molecule has 0 spiro atoms. The fourth-order valence-electron chi connectivity index (χ4n) is 1.74. The molecular formula is C15H17N3O2. The van der Waals surface area contributed by atoms with Gasteiger partial charge < -0.3 is 15.8 Å². The molecule has 20 heavy (non-hydrogen) atoms. The van der Waals surface area contributed by atoms with Gasteiger partial charge in [-0.25, -0.2) is 0 Å². The first-order chi connectivity index (χ1) is 9.60. The molecule has 5 nitrogen and oxygen atoms in total. The Hall–Kier alpha value is -2.56. The number of aromatic nitrogens is 1. The van der Waals surface area contributed by atoms with Crippen LogP contribution in [0.25, 0.3) is 0 Å². The Labute approximate surface area is 117 Å². The van der Waals surface area contributed by atoms with Gasteiger partial charge in [-0.2, -0.15) is 0 Å². The second-order valence-corrected chi connectivity index (χ2v) is 4.44. The minimum absolute atomic E-state index is 0.234. The number of nitrogens with one attached hydrogen (secondary N) is 1. The van der Waals surface area contributed by atoms with E-state index in [4.69, 9.17) is 10.5 Å². The number of hydrogen-bond acceptors (Lipinski definition) is 4. The number of pyridine rings is 1. The topological polar surface area (TPSA) is 77.2 Å². The highest BCUT2D eigenvalue weighted by atomic mass is 16.5. The molecule has 1 amide bonds. The van der Waals surface area contributed by atoms with Gasteiger partial charge in [0.2, 0.25) is 0 Å². The Morgan fingerprint density at radius 3 is 2.80 bits per heavy atom. The van der Waals surface area contributed by atoms with E-state index in [0.29, 0.717) is 23.5 Å². The van der Waals surface area contributed by atoms with Gasteiger partial charge in [-0.1, -0.05) is 6.07 Å². The average molecular weight is 271 g/mol. The number of amides is 1. The summed E-state index contributed by atoms with van der Waals surface area (Å²) in [5.41, 5.74) is 8.51. The molecule has 3 N–H and O–H groups in total. The Kier molecular flexibility index (Phi) is 4.20. The van der Waals surface area contributed by atoms with Gasteiger partial charge in [0.25, 0.3) is 5.91 Å². The Bertz CT molecular complexity index is 609. The third kappa shape index (κ3) is 3.26. The molecule has 0 unspecified atom stereocenters. The third-order valence-corrected chi connectivity index (χ3v) is 2.93. The van der Waals surface area contributed by atoms with Crippen LogP contribution in [-0.4, -0.2) is 18.0 Å². The van der Waals surface area contributed by atoms with Crippen molar-refractivity contribution in [2.24, 2.45) is 0 Å². The molecule has 0 aliphatic rings. The molecule has 0 bridgehead atoms. The zero-order valence-electron chi connectivity index (χ0n) is 11.5. The van der Waals surface area contributed by atoms with Gasteiger partial charge in [0.15, 0.2) is 0 Å². The lowest BCUT2D eigenvalue weighted by Crippen LogP contribution is -2.23. The van der Waals surface area contributed by atoms with E-state index in [0.717, 1.165) is 11.3 Å². The number of nitrogens with two attached hydrogens (primary N) is 1. The van der Waals surface area contributed by atoms with Crippen LogP contribution in [0.2, 0.25) is 0 Å². The highest BCUT2D eigenvalue weighted by molar-refractivity contribution is 5.99. The average Bonchev–Trinajstić information content (AvgIpc) is 2.47. The molecule has 0 saturated heterocycles. The van der Waals surface area contributed by atoms with E-state index in [1.165, 1.54) is 0 Å². The van der Waals surface area contributed by atoms with Crippen molar-refractivity contribution >= 4 is 11.6 Å². The molecule has 2 aromatic rings. The molecule has 104 valence electrons. The first-order valence-corrected chi connectivity index (χ1v) is 6.23. The highest BCUT2D eigenvalue weighted by Crippen LogP contribution is 2.19. The Morgan fingerprint density at radius 2 is 2.15 bits per heavy atom. The van der Waals surface area contributed by atoms with Crippen molar-refractivity contribution in [3.63, 3.8) is 0 Å². The van der Waals surface area contributed by atoms with Crippen LogP contribution >= 0.6 is 0 Å². The van der Waals surface area contributed by atoms with Crippen molar-refractivity contribution in [1.82, 2.24) is 10.3 Å². The summed E-state index contributed by atoms with van der Waals surface area (Å²) in [4.78, 5) is 16.3. The van der Waals surface area contributed by atoms with E-state index >= 15 is 0 Å². The molecule has 0 saturated carbocycles. The molecular weight excluding hydrogens is 254 g/mol. The molecule has 1 heterocycles. The number of carbonyl (C=O) groups is 1. The molecule has 2 rings (SSSR count). The van der Waals surface area contributed by atoms with Gasteiger partial charge in [0.1, 0.15) is 5.75 Å².